The number of carbonyl (C=O) groups excluding carboxylic acids is 1. The van der Waals surface area contributed by atoms with Crippen LogP contribution in [-0.2, 0) is 11.0 Å². The fourth-order valence-corrected chi connectivity index (χ4v) is 2.18. The molecule has 0 saturated carbocycles. The number of amides is 1. The molecule has 7 heteroatoms. The molecule has 2 heterocycles. The Bertz CT molecular complexity index is 449. The summed E-state index contributed by atoms with van der Waals surface area (Å²) in [5.41, 5.74) is -0.985. The second kappa shape index (κ2) is 4.29. The Balaban J connectivity index is 2.31. The summed E-state index contributed by atoms with van der Waals surface area (Å²) in [7, 11) is 0. The zero-order valence-electron chi connectivity index (χ0n) is 8.54. The molecule has 1 aliphatic heterocycles. The monoisotopic (exact) mass is 308 g/mol. The fourth-order valence-electron chi connectivity index (χ4n) is 1.62. The van der Waals surface area contributed by atoms with E-state index in [0.29, 0.717) is 6.54 Å². The van der Waals surface area contributed by atoms with E-state index in [1.54, 1.807) is 0 Å². The summed E-state index contributed by atoms with van der Waals surface area (Å²) >= 11 is 3.26. The van der Waals surface area contributed by atoms with Gasteiger partial charge in [-0.05, 0) is 12.1 Å². The lowest BCUT2D eigenvalue weighted by atomic mass is 10.3. The SMILES string of the molecule is O=C1CC(Br)CN1c1cccc(C(F)(F)F)n1. The maximum absolute atomic E-state index is 12.5. The lowest BCUT2D eigenvalue weighted by molar-refractivity contribution is -0.141. The molecule has 2 rings (SSSR count). The molecule has 1 aromatic heterocycles. The molecule has 1 fully saturated rings. The molecule has 3 nitrogen and oxygen atoms in total. The number of aromatic nitrogens is 1. The van der Waals surface area contributed by atoms with E-state index in [-0.39, 0.29) is 23.0 Å². The number of nitrogens with zero attached hydrogens (tertiary/aromatic N) is 2. The van der Waals surface area contributed by atoms with Crippen molar-refractivity contribution in [1.82, 2.24) is 4.98 Å². The van der Waals surface area contributed by atoms with Crippen molar-refractivity contribution in [1.29, 1.82) is 0 Å². The summed E-state index contributed by atoms with van der Waals surface area (Å²) in [5, 5.41) is 0. The lowest BCUT2D eigenvalue weighted by Gasteiger charge is -2.16. The third-order valence-electron chi connectivity index (χ3n) is 2.38. The Morgan fingerprint density at radius 2 is 2.12 bits per heavy atom. The summed E-state index contributed by atoms with van der Waals surface area (Å²) in [5.74, 6) is -0.175. The maximum Gasteiger partial charge on any atom is 0.433 e. The van der Waals surface area contributed by atoms with Crippen molar-refractivity contribution < 1.29 is 18.0 Å². The van der Waals surface area contributed by atoms with Crippen molar-refractivity contribution in [3.8, 4) is 0 Å². The van der Waals surface area contributed by atoms with E-state index in [2.05, 4.69) is 20.9 Å². The van der Waals surface area contributed by atoms with Crippen LogP contribution in [0.4, 0.5) is 19.0 Å². The molecule has 92 valence electrons. The minimum Gasteiger partial charge on any atom is -0.296 e. The van der Waals surface area contributed by atoms with Gasteiger partial charge in [0.25, 0.3) is 0 Å². The quantitative estimate of drug-likeness (QED) is 0.747. The highest BCUT2D eigenvalue weighted by Crippen LogP contribution is 2.30. The van der Waals surface area contributed by atoms with Gasteiger partial charge in [0, 0.05) is 17.8 Å². The standard InChI is InChI=1S/C10H8BrF3N2O/c11-6-4-9(17)16(5-6)8-3-1-2-7(15-8)10(12,13)14/h1-3,6H,4-5H2. The average molecular weight is 309 g/mol. The van der Waals surface area contributed by atoms with Crippen LogP contribution < -0.4 is 4.90 Å². The van der Waals surface area contributed by atoms with Crippen LogP contribution in [0.1, 0.15) is 12.1 Å². The first kappa shape index (κ1) is 12.3. The predicted molar refractivity (Wildman–Crippen MR) is 58.9 cm³/mol. The number of rotatable bonds is 1. The van der Waals surface area contributed by atoms with Gasteiger partial charge < -0.3 is 0 Å². The fraction of sp³-hybridized carbons (Fsp3) is 0.400. The number of alkyl halides is 4. The highest BCUT2D eigenvalue weighted by molar-refractivity contribution is 9.09. The van der Waals surface area contributed by atoms with Crippen LogP contribution in [0.3, 0.4) is 0 Å². The van der Waals surface area contributed by atoms with Gasteiger partial charge in [0.1, 0.15) is 11.5 Å². The zero-order chi connectivity index (χ0) is 12.6. The molecule has 1 saturated heterocycles. The second-order valence-corrected chi connectivity index (χ2v) is 4.98. The van der Waals surface area contributed by atoms with Gasteiger partial charge in [-0.3, -0.25) is 9.69 Å². The minimum absolute atomic E-state index is 0.0358. The first-order valence-corrected chi connectivity index (χ1v) is 5.78. The molecule has 1 unspecified atom stereocenters. The highest BCUT2D eigenvalue weighted by atomic mass is 79.9. The van der Waals surface area contributed by atoms with Gasteiger partial charge in [-0.25, -0.2) is 4.98 Å². The van der Waals surface area contributed by atoms with Gasteiger partial charge in [0.2, 0.25) is 5.91 Å². The van der Waals surface area contributed by atoms with Crippen LogP contribution in [0.5, 0.6) is 0 Å². The van der Waals surface area contributed by atoms with E-state index >= 15 is 0 Å². The molecule has 0 aliphatic carbocycles. The van der Waals surface area contributed by atoms with Crippen LogP contribution in [0, 0.1) is 0 Å². The summed E-state index contributed by atoms with van der Waals surface area (Å²) in [6.07, 6.45) is -4.22. The first-order valence-electron chi connectivity index (χ1n) is 4.86. The van der Waals surface area contributed by atoms with Crippen LogP contribution >= 0.6 is 15.9 Å². The number of anilines is 1. The van der Waals surface area contributed by atoms with Gasteiger partial charge in [0.05, 0.1) is 0 Å². The predicted octanol–water partition coefficient (Wildman–Crippen LogP) is 2.60. The Kier molecular flexibility index (Phi) is 3.11. The van der Waals surface area contributed by atoms with Crippen molar-refractivity contribution in [3.63, 3.8) is 0 Å². The maximum atomic E-state index is 12.5. The molecule has 1 aromatic rings. The van der Waals surface area contributed by atoms with Crippen molar-refractivity contribution >= 4 is 27.7 Å². The summed E-state index contributed by atoms with van der Waals surface area (Å²) in [4.78, 5) is 16.2. The zero-order valence-corrected chi connectivity index (χ0v) is 10.1. The van der Waals surface area contributed by atoms with E-state index in [1.807, 2.05) is 0 Å². The average Bonchev–Trinajstić information content (AvgIpc) is 2.57. The topological polar surface area (TPSA) is 33.2 Å². The number of halogens is 4. The van der Waals surface area contributed by atoms with Crippen LogP contribution in [0.2, 0.25) is 0 Å². The molecule has 0 radical (unpaired) electrons. The van der Waals surface area contributed by atoms with E-state index in [9.17, 15) is 18.0 Å². The van der Waals surface area contributed by atoms with Crippen molar-refractivity contribution in [2.24, 2.45) is 0 Å². The first-order chi connectivity index (χ1) is 7.88. The summed E-state index contributed by atoms with van der Waals surface area (Å²) in [6.45, 7) is 0.340. The van der Waals surface area contributed by atoms with Gasteiger partial charge in [0.15, 0.2) is 0 Å². The molecule has 0 spiro atoms. The molecule has 17 heavy (non-hydrogen) atoms. The van der Waals surface area contributed by atoms with Crippen LogP contribution in [-0.4, -0.2) is 22.3 Å². The molecule has 0 N–H and O–H groups in total. The van der Waals surface area contributed by atoms with Crippen molar-refractivity contribution in [2.45, 2.75) is 17.4 Å². The molecule has 0 bridgehead atoms. The molecule has 1 amide bonds. The number of hydrogen-bond acceptors (Lipinski definition) is 2. The molecule has 1 atom stereocenters. The summed E-state index contributed by atoms with van der Waals surface area (Å²) in [6, 6.07) is 3.54. The smallest absolute Gasteiger partial charge is 0.296 e. The highest BCUT2D eigenvalue weighted by Gasteiger charge is 2.35. The molecule has 1 aliphatic rings. The van der Waals surface area contributed by atoms with Crippen LogP contribution in [0.25, 0.3) is 0 Å². The Hall–Kier alpha value is -1.11. The van der Waals surface area contributed by atoms with Gasteiger partial charge in [-0.2, -0.15) is 13.2 Å². The molecular formula is C10H8BrF3N2O. The largest absolute Gasteiger partial charge is 0.433 e. The Morgan fingerprint density at radius 3 is 2.65 bits per heavy atom. The van der Waals surface area contributed by atoms with E-state index in [0.717, 1.165) is 6.07 Å². The van der Waals surface area contributed by atoms with Crippen molar-refractivity contribution in [3.05, 3.63) is 23.9 Å². The van der Waals surface area contributed by atoms with E-state index < -0.39 is 11.9 Å². The number of pyridine rings is 1. The van der Waals surface area contributed by atoms with Gasteiger partial charge in [-0.1, -0.05) is 22.0 Å². The van der Waals surface area contributed by atoms with E-state index in [4.69, 9.17) is 0 Å². The van der Waals surface area contributed by atoms with Gasteiger partial charge >= 0.3 is 6.18 Å². The van der Waals surface area contributed by atoms with Crippen LogP contribution in [0.15, 0.2) is 18.2 Å². The van der Waals surface area contributed by atoms with Crippen molar-refractivity contribution in [2.75, 3.05) is 11.4 Å². The third kappa shape index (κ3) is 2.59. The van der Waals surface area contributed by atoms with E-state index in [1.165, 1.54) is 17.0 Å². The number of carbonyl (C=O) groups is 1. The molecular weight excluding hydrogens is 301 g/mol. The lowest BCUT2D eigenvalue weighted by Crippen LogP contribution is -2.26. The third-order valence-corrected chi connectivity index (χ3v) is 2.99. The second-order valence-electron chi connectivity index (χ2n) is 3.68. The van der Waals surface area contributed by atoms with Gasteiger partial charge in [-0.15, -0.1) is 0 Å². The normalized spacial score (nSPS) is 21.1. The Morgan fingerprint density at radius 1 is 1.41 bits per heavy atom. The molecule has 0 aromatic carbocycles. The summed E-state index contributed by atoms with van der Waals surface area (Å²) < 4.78 is 37.4. The minimum atomic E-state index is -4.49. The number of hydrogen-bond donors (Lipinski definition) is 0. The Labute approximate surface area is 104 Å².